The van der Waals surface area contributed by atoms with Gasteiger partial charge in [0.05, 0.1) is 0 Å². The van der Waals surface area contributed by atoms with Gasteiger partial charge in [-0.05, 0) is 13.8 Å². The Balaban J connectivity index is 2.49. The van der Waals surface area contributed by atoms with E-state index in [1.807, 2.05) is 6.92 Å². The molecule has 78 valence electrons. The molecule has 2 nitrogen and oxygen atoms in total. The highest BCUT2D eigenvalue weighted by Crippen LogP contribution is 2.26. The van der Waals surface area contributed by atoms with E-state index in [1.165, 1.54) is 5.56 Å². The van der Waals surface area contributed by atoms with E-state index in [4.69, 9.17) is 4.52 Å². The summed E-state index contributed by atoms with van der Waals surface area (Å²) in [5, 5.41) is 4.85. The van der Waals surface area contributed by atoms with Crippen molar-refractivity contribution in [2.75, 3.05) is 0 Å². The fourth-order valence-electron chi connectivity index (χ4n) is 1.49. The molecule has 0 spiro atoms. The number of alkyl halides is 1. The van der Waals surface area contributed by atoms with Crippen LogP contribution < -0.4 is 0 Å². The van der Waals surface area contributed by atoms with Crippen molar-refractivity contribution in [3.63, 3.8) is 0 Å². The Morgan fingerprint density at radius 3 is 2.47 bits per heavy atom. The zero-order chi connectivity index (χ0) is 10.8. The molecule has 0 radical (unpaired) electrons. The van der Waals surface area contributed by atoms with Crippen molar-refractivity contribution in [2.24, 2.45) is 0 Å². The van der Waals surface area contributed by atoms with Crippen molar-refractivity contribution in [1.29, 1.82) is 0 Å². The van der Waals surface area contributed by atoms with Crippen LogP contribution in [0.1, 0.15) is 16.9 Å². The van der Waals surface area contributed by atoms with Gasteiger partial charge in [0.25, 0.3) is 0 Å². The lowest BCUT2D eigenvalue weighted by Gasteiger charge is -1.99. The molecule has 0 bridgehead atoms. The van der Waals surface area contributed by atoms with E-state index in [0.29, 0.717) is 0 Å². The molecule has 0 N–H and O–H groups in total. The van der Waals surface area contributed by atoms with Crippen LogP contribution in [0.5, 0.6) is 0 Å². The summed E-state index contributed by atoms with van der Waals surface area (Å²) < 4.78 is 5.19. The summed E-state index contributed by atoms with van der Waals surface area (Å²) in [7, 11) is 0. The third-order valence-corrected chi connectivity index (χ3v) is 3.00. The molecule has 2 aromatic rings. The van der Waals surface area contributed by atoms with Gasteiger partial charge >= 0.3 is 0 Å². The first-order valence-corrected chi connectivity index (χ1v) is 5.92. The second-order valence-electron chi connectivity index (χ2n) is 3.57. The monoisotopic (exact) mass is 265 g/mol. The molecule has 15 heavy (non-hydrogen) atoms. The number of halogens is 1. The van der Waals surface area contributed by atoms with Crippen LogP contribution in [0.25, 0.3) is 11.3 Å². The predicted octanol–water partition coefficient (Wildman–Crippen LogP) is 3.85. The maximum Gasteiger partial charge on any atom is 0.138 e. The second kappa shape index (κ2) is 4.19. The number of rotatable bonds is 2. The Labute approximate surface area is 97.4 Å². The van der Waals surface area contributed by atoms with E-state index in [0.717, 1.165) is 27.9 Å². The highest BCUT2D eigenvalue weighted by Gasteiger charge is 2.12. The van der Waals surface area contributed by atoms with Crippen molar-refractivity contribution >= 4 is 15.9 Å². The summed E-state index contributed by atoms with van der Waals surface area (Å²) >= 11 is 3.45. The third-order valence-electron chi connectivity index (χ3n) is 2.44. The molecule has 0 atom stereocenters. The molecule has 1 aromatic heterocycles. The second-order valence-corrected chi connectivity index (χ2v) is 4.13. The van der Waals surface area contributed by atoms with E-state index in [1.54, 1.807) is 0 Å². The van der Waals surface area contributed by atoms with E-state index in [2.05, 4.69) is 52.3 Å². The number of benzene rings is 1. The molecule has 0 saturated carbocycles. The lowest BCUT2D eigenvalue weighted by Crippen LogP contribution is -1.84. The quantitative estimate of drug-likeness (QED) is 0.771. The average Bonchev–Trinajstić information content (AvgIpc) is 2.61. The number of hydrogen-bond acceptors (Lipinski definition) is 2. The molecule has 0 fully saturated rings. The van der Waals surface area contributed by atoms with Gasteiger partial charge in [0, 0.05) is 16.5 Å². The van der Waals surface area contributed by atoms with Gasteiger partial charge < -0.3 is 4.52 Å². The van der Waals surface area contributed by atoms with Gasteiger partial charge in [0.2, 0.25) is 0 Å². The fourth-order valence-corrected chi connectivity index (χ4v) is 2.15. The Morgan fingerprint density at radius 1 is 1.20 bits per heavy atom. The van der Waals surface area contributed by atoms with Crippen LogP contribution >= 0.6 is 15.9 Å². The van der Waals surface area contributed by atoms with Gasteiger partial charge in [-0.25, -0.2) is 0 Å². The SMILES string of the molecule is Cc1ccc(-c2noc(C)c2CBr)cc1. The maximum absolute atomic E-state index is 5.19. The Morgan fingerprint density at radius 2 is 1.87 bits per heavy atom. The minimum atomic E-state index is 0.769. The molecule has 1 heterocycles. The molecular weight excluding hydrogens is 254 g/mol. The van der Waals surface area contributed by atoms with E-state index < -0.39 is 0 Å². The Bertz CT molecular complexity index is 459. The largest absolute Gasteiger partial charge is 0.361 e. The fraction of sp³-hybridized carbons (Fsp3) is 0.250. The van der Waals surface area contributed by atoms with Crippen LogP contribution in [0.15, 0.2) is 28.8 Å². The highest BCUT2D eigenvalue weighted by atomic mass is 79.9. The van der Waals surface area contributed by atoms with Crippen LogP contribution in [-0.4, -0.2) is 5.16 Å². The summed E-state index contributed by atoms with van der Waals surface area (Å²) in [5.74, 6) is 0.877. The van der Waals surface area contributed by atoms with Gasteiger partial charge in [0.15, 0.2) is 0 Å². The molecule has 2 rings (SSSR count). The normalized spacial score (nSPS) is 10.6. The standard InChI is InChI=1S/C12H12BrNO/c1-8-3-5-10(6-4-8)12-11(7-13)9(2)15-14-12/h3-6H,7H2,1-2H3. The Hall–Kier alpha value is -1.09. The minimum Gasteiger partial charge on any atom is -0.361 e. The lowest BCUT2D eigenvalue weighted by atomic mass is 10.1. The summed E-state index contributed by atoms with van der Waals surface area (Å²) in [6, 6.07) is 8.30. The summed E-state index contributed by atoms with van der Waals surface area (Å²) in [6.07, 6.45) is 0. The number of aryl methyl sites for hydroxylation is 2. The molecule has 0 amide bonds. The number of nitrogens with zero attached hydrogens (tertiary/aromatic N) is 1. The van der Waals surface area contributed by atoms with E-state index in [9.17, 15) is 0 Å². The molecule has 3 heteroatoms. The van der Waals surface area contributed by atoms with Crippen molar-refractivity contribution in [3.8, 4) is 11.3 Å². The Kier molecular flexibility index (Phi) is 2.91. The molecular formula is C12H12BrNO. The zero-order valence-corrected chi connectivity index (χ0v) is 10.3. The highest BCUT2D eigenvalue weighted by molar-refractivity contribution is 9.08. The minimum absolute atomic E-state index is 0.769. The van der Waals surface area contributed by atoms with Crippen LogP contribution in [0.4, 0.5) is 0 Å². The van der Waals surface area contributed by atoms with Crippen molar-refractivity contribution in [3.05, 3.63) is 41.2 Å². The molecule has 0 aliphatic carbocycles. The van der Waals surface area contributed by atoms with Gasteiger partial charge in [-0.3, -0.25) is 0 Å². The van der Waals surface area contributed by atoms with Gasteiger partial charge in [0.1, 0.15) is 11.5 Å². The van der Waals surface area contributed by atoms with E-state index >= 15 is 0 Å². The van der Waals surface area contributed by atoms with Crippen LogP contribution in [0, 0.1) is 13.8 Å². The van der Waals surface area contributed by atoms with Crippen LogP contribution in [0.3, 0.4) is 0 Å². The van der Waals surface area contributed by atoms with Crippen LogP contribution in [0.2, 0.25) is 0 Å². The summed E-state index contributed by atoms with van der Waals surface area (Å²) in [6.45, 7) is 4.00. The first kappa shape index (κ1) is 10.4. The third kappa shape index (κ3) is 1.97. The predicted molar refractivity (Wildman–Crippen MR) is 64.0 cm³/mol. The maximum atomic E-state index is 5.19. The number of hydrogen-bond donors (Lipinski definition) is 0. The molecule has 0 unspecified atom stereocenters. The van der Waals surface area contributed by atoms with Gasteiger partial charge in [-0.2, -0.15) is 0 Å². The summed E-state index contributed by atoms with van der Waals surface area (Å²) in [5.41, 5.74) is 4.41. The zero-order valence-electron chi connectivity index (χ0n) is 8.75. The molecule has 0 saturated heterocycles. The van der Waals surface area contributed by atoms with Gasteiger partial charge in [-0.1, -0.05) is 50.9 Å². The van der Waals surface area contributed by atoms with Crippen molar-refractivity contribution in [1.82, 2.24) is 5.16 Å². The van der Waals surface area contributed by atoms with Gasteiger partial charge in [-0.15, -0.1) is 0 Å². The lowest BCUT2D eigenvalue weighted by molar-refractivity contribution is 0.398. The molecule has 1 aromatic carbocycles. The smallest absolute Gasteiger partial charge is 0.138 e. The van der Waals surface area contributed by atoms with Crippen molar-refractivity contribution in [2.45, 2.75) is 19.2 Å². The molecule has 0 aliphatic rings. The first-order valence-electron chi connectivity index (χ1n) is 4.80. The summed E-state index contributed by atoms with van der Waals surface area (Å²) in [4.78, 5) is 0. The van der Waals surface area contributed by atoms with Crippen LogP contribution in [-0.2, 0) is 5.33 Å². The topological polar surface area (TPSA) is 26.0 Å². The first-order chi connectivity index (χ1) is 7.22. The van der Waals surface area contributed by atoms with E-state index in [-0.39, 0.29) is 0 Å². The molecule has 0 aliphatic heterocycles. The average molecular weight is 266 g/mol. The van der Waals surface area contributed by atoms with Crippen molar-refractivity contribution < 1.29 is 4.52 Å². The number of aromatic nitrogens is 1.